The quantitative estimate of drug-likeness (QED) is 0.392. The second-order valence-corrected chi connectivity index (χ2v) is 4.69. The van der Waals surface area contributed by atoms with Gasteiger partial charge in [0.25, 0.3) is 0 Å². The molecule has 0 saturated heterocycles. The van der Waals surface area contributed by atoms with Gasteiger partial charge >= 0.3 is 0 Å². The monoisotopic (exact) mass is 230 g/mol. The Hall–Kier alpha value is -0.160. The number of unbranched alkanes of at least 4 members (excludes halogenated alkanes) is 5. The minimum Gasteiger partial charge on any atom is -0.329 e. The smallest absolute Gasteiger partial charge is 0.0163 e. The fraction of sp³-hybridized carbons (Fsp3) is 1.00. The molecule has 0 heterocycles. The molecule has 2 atom stereocenters. The summed E-state index contributed by atoms with van der Waals surface area (Å²) < 4.78 is 0. The van der Waals surface area contributed by atoms with E-state index in [2.05, 4.69) is 0 Å². The van der Waals surface area contributed by atoms with E-state index in [1.807, 2.05) is 0 Å². The lowest BCUT2D eigenvalue weighted by atomic mass is 10.0. The molecule has 4 heteroatoms. The predicted octanol–water partition coefficient (Wildman–Crippen LogP) is 0.679. The maximum Gasteiger partial charge on any atom is 0.0163 e. The highest BCUT2D eigenvalue weighted by atomic mass is 14.7. The zero-order valence-electron chi connectivity index (χ0n) is 10.5. The van der Waals surface area contributed by atoms with E-state index in [1.54, 1.807) is 0 Å². The Labute approximate surface area is 100 Å². The lowest BCUT2D eigenvalue weighted by Crippen LogP contribution is -2.29. The molecule has 0 fully saturated rings. The first-order chi connectivity index (χ1) is 7.70. The summed E-state index contributed by atoms with van der Waals surface area (Å²) in [5.41, 5.74) is 22.4. The van der Waals surface area contributed by atoms with E-state index >= 15 is 0 Å². The van der Waals surface area contributed by atoms with Crippen LogP contribution in [-0.4, -0.2) is 25.2 Å². The van der Waals surface area contributed by atoms with E-state index in [4.69, 9.17) is 22.9 Å². The third kappa shape index (κ3) is 10.4. The van der Waals surface area contributed by atoms with E-state index in [9.17, 15) is 0 Å². The van der Waals surface area contributed by atoms with Crippen molar-refractivity contribution in [1.82, 2.24) is 0 Å². The maximum absolute atomic E-state index is 5.73. The molecule has 0 aromatic rings. The highest BCUT2D eigenvalue weighted by molar-refractivity contribution is 4.62. The van der Waals surface area contributed by atoms with Crippen LogP contribution in [0.25, 0.3) is 0 Å². The molecule has 98 valence electrons. The zero-order valence-corrected chi connectivity index (χ0v) is 10.5. The molecule has 0 radical (unpaired) electrons. The van der Waals surface area contributed by atoms with Crippen molar-refractivity contribution in [3.8, 4) is 0 Å². The Morgan fingerprint density at radius 2 is 0.875 bits per heavy atom. The molecule has 0 aromatic carbocycles. The number of hydrogen-bond donors (Lipinski definition) is 4. The number of rotatable bonds is 11. The zero-order chi connectivity index (χ0) is 12.2. The van der Waals surface area contributed by atoms with E-state index in [0.29, 0.717) is 13.1 Å². The molecule has 0 spiro atoms. The van der Waals surface area contributed by atoms with Crippen LogP contribution >= 0.6 is 0 Å². The summed E-state index contributed by atoms with van der Waals surface area (Å²) in [7, 11) is 0. The predicted molar refractivity (Wildman–Crippen MR) is 71.0 cm³/mol. The summed E-state index contributed by atoms with van der Waals surface area (Å²) in [6, 6.07) is 0.394. The summed E-state index contributed by atoms with van der Waals surface area (Å²) >= 11 is 0. The SMILES string of the molecule is NCC(N)CCCCCCCCC(N)CN. The van der Waals surface area contributed by atoms with E-state index in [1.165, 1.54) is 38.5 Å². The van der Waals surface area contributed by atoms with Gasteiger partial charge in [0.1, 0.15) is 0 Å². The van der Waals surface area contributed by atoms with Gasteiger partial charge in [-0.05, 0) is 12.8 Å². The third-order valence-electron chi connectivity index (χ3n) is 3.01. The normalized spacial score (nSPS) is 15.0. The molecular weight excluding hydrogens is 200 g/mol. The molecule has 16 heavy (non-hydrogen) atoms. The molecular formula is C12H30N4. The fourth-order valence-corrected chi connectivity index (χ4v) is 1.76. The molecule has 0 bridgehead atoms. The summed E-state index contributed by atoms with van der Waals surface area (Å²) in [5, 5.41) is 0. The summed E-state index contributed by atoms with van der Waals surface area (Å²) in [4.78, 5) is 0. The molecule has 0 amide bonds. The van der Waals surface area contributed by atoms with Crippen molar-refractivity contribution >= 4 is 0 Å². The van der Waals surface area contributed by atoms with Crippen molar-refractivity contribution in [2.75, 3.05) is 13.1 Å². The van der Waals surface area contributed by atoms with Crippen LogP contribution in [0.3, 0.4) is 0 Å². The first-order valence-electron chi connectivity index (χ1n) is 6.62. The van der Waals surface area contributed by atoms with Crippen molar-refractivity contribution in [3.63, 3.8) is 0 Å². The van der Waals surface area contributed by atoms with Crippen LogP contribution in [0.1, 0.15) is 51.4 Å². The standard InChI is InChI=1S/C12H30N4/c13-9-11(15)7-5-3-1-2-4-6-8-12(16)10-14/h11-12H,1-10,13-16H2. The van der Waals surface area contributed by atoms with Crippen LogP contribution in [0.15, 0.2) is 0 Å². The molecule has 0 rings (SSSR count). The Morgan fingerprint density at radius 3 is 1.19 bits per heavy atom. The fourth-order valence-electron chi connectivity index (χ4n) is 1.76. The molecule has 4 nitrogen and oxygen atoms in total. The minimum atomic E-state index is 0.197. The Morgan fingerprint density at radius 1 is 0.562 bits per heavy atom. The van der Waals surface area contributed by atoms with Crippen LogP contribution in [0, 0.1) is 0 Å². The Bertz CT molecular complexity index is 125. The average molecular weight is 230 g/mol. The average Bonchev–Trinajstić information content (AvgIpc) is 2.31. The summed E-state index contributed by atoms with van der Waals surface area (Å²) in [6.45, 7) is 1.22. The van der Waals surface area contributed by atoms with Gasteiger partial charge in [0, 0.05) is 25.2 Å². The van der Waals surface area contributed by atoms with Gasteiger partial charge in [-0.1, -0.05) is 38.5 Å². The second-order valence-electron chi connectivity index (χ2n) is 4.69. The maximum atomic E-state index is 5.73. The van der Waals surface area contributed by atoms with Gasteiger partial charge in [0.15, 0.2) is 0 Å². The van der Waals surface area contributed by atoms with Crippen LogP contribution in [0.5, 0.6) is 0 Å². The van der Waals surface area contributed by atoms with Gasteiger partial charge in [0.05, 0.1) is 0 Å². The lowest BCUT2D eigenvalue weighted by molar-refractivity contribution is 0.515. The minimum absolute atomic E-state index is 0.197. The summed E-state index contributed by atoms with van der Waals surface area (Å²) in [5.74, 6) is 0. The van der Waals surface area contributed by atoms with Gasteiger partial charge in [-0.3, -0.25) is 0 Å². The van der Waals surface area contributed by atoms with Crippen LogP contribution in [0.4, 0.5) is 0 Å². The molecule has 0 aliphatic heterocycles. The van der Waals surface area contributed by atoms with E-state index < -0.39 is 0 Å². The highest BCUT2D eigenvalue weighted by Crippen LogP contribution is 2.09. The summed E-state index contributed by atoms with van der Waals surface area (Å²) in [6.07, 6.45) is 9.70. The Kier molecular flexibility index (Phi) is 11.2. The lowest BCUT2D eigenvalue weighted by Gasteiger charge is -2.09. The molecule has 8 N–H and O–H groups in total. The van der Waals surface area contributed by atoms with Crippen LogP contribution in [-0.2, 0) is 0 Å². The van der Waals surface area contributed by atoms with Crippen LogP contribution in [0.2, 0.25) is 0 Å². The largest absolute Gasteiger partial charge is 0.329 e. The molecule has 0 aromatic heterocycles. The first-order valence-corrected chi connectivity index (χ1v) is 6.62. The van der Waals surface area contributed by atoms with Crippen molar-refractivity contribution in [3.05, 3.63) is 0 Å². The molecule has 2 unspecified atom stereocenters. The van der Waals surface area contributed by atoms with Crippen molar-refractivity contribution in [2.24, 2.45) is 22.9 Å². The topological polar surface area (TPSA) is 104 Å². The van der Waals surface area contributed by atoms with Crippen molar-refractivity contribution in [1.29, 1.82) is 0 Å². The molecule has 0 saturated carbocycles. The molecule has 0 aliphatic carbocycles. The van der Waals surface area contributed by atoms with E-state index in [-0.39, 0.29) is 12.1 Å². The van der Waals surface area contributed by atoms with Gasteiger partial charge in [0.2, 0.25) is 0 Å². The van der Waals surface area contributed by atoms with Gasteiger partial charge in [-0.15, -0.1) is 0 Å². The first kappa shape index (κ1) is 15.8. The van der Waals surface area contributed by atoms with Gasteiger partial charge < -0.3 is 22.9 Å². The third-order valence-corrected chi connectivity index (χ3v) is 3.01. The second kappa shape index (κ2) is 11.3. The Balaban J connectivity index is 3.04. The van der Waals surface area contributed by atoms with E-state index in [0.717, 1.165) is 12.8 Å². The van der Waals surface area contributed by atoms with Gasteiger partial charge in [-0.2, -0.15) is 0 Å². The van der Waals surface area contributed by atoms with Crippen molar-refractivity contribution < 1.29 is 0 Å². The number of hydrogen-bond acceptors (Lipinski definition) is 4. The van der Waals surface area contributed by atoms with Crippen molar-refractivity contribution in [2.45, 2.75) is 63.5 Å². The highest BCUT2D eigenvalue weighted by Gasteiger charge is 2.00. The van der Waals surface area contributed by atoms with Crippen LogP contribution < -0.4 is 22.9 Å². The number of nitrogens with two attached hydrogens (primary N) is 4. The molecule has 0 aliphatic rings. The van der Waals surface area contributed by atoms with Gasteiger partial charge in [-0.25, -0.2) is 0 Å².